The van der Waals surface area contributed by atoms with E-state index in [-0.39, 0.29) is 5.69 Å². The predicted octanol–water partition coefficient (Wildman–Crippen LogP) is 1.46. The van der Waals surface area contributed by atoms with Crippen molar-refractivity contribution in [2.24, 2.45) is 0 Å². The number of nitrogens with zero attached hydrogens (tertiary/aromatic N) is 2. The van der Waals surface area contributed by atoms with E-state index in [1.165, 1.54) is 19.3 Å². The number of alkyl halides is 2. The zero-order valence-corrected chi connectivity index (χ0v) is 9.08. The molecule has 1 N–H and O–H groups in total. The summed E-state index contributed by atoms with van der Waals surface area (Å²) < 4.78 is 24.2. The van der Waals surface area contributed by atoms with Gasteiger partial charge in [0.15, 0.2) is 0 Å². The van der Waals surface area contributed by atoms with Crippen molar-refractivity contribution in [3.05, 3.63) is 24.0 Å². The minimum absolute atomic E-state index is 0.148. The largest absolute Gasteiger partial charge is 0.388 e. The Labute approximate surface area is 92.3 Å². The SMILES string of the molecule is CNc1ccnc(C(=O)N(C)CC(F)F)c1. The first kappa shape index (κ1) is 12.4. The van der Waals surface area contributed by atoms with Gasteiger partial charge >= 0.3 is 0 Å². The van der Waals surface area contributed by atoms with Crippen molar-refractivity contribution in [1.29, 1.82) is 0 Å². The van der Waals surface area contributed by atoms with Crippen LogP contribution < -0.4 is 5.32 Å². The first-order valence-corrected chi connectivity index (χ1v) is 4.72. The number of hydrogen-bond donors (Lipinski definition) is 1. The van der Waals surface area contributed by atoms with E-state index in [0.717, 1.165) is 4.90 Å². The molecule has 1 aromatic heterocycles. The van der Waals surface area contributed by atoms with E-state index in [9.17, 15) is 13.6 Å². The summed E-state index contributed by atoms with van der Waals surface area (Å²) in [6, 6.07) is 3.20. The van der Waals surface area contributed by atoms with Crippen LogP contribution in [0.1, 0.15) is 10.5 Å². The molecule has 0 spiro atoms. The lowest BCUT2D eigenvalue weighted by Crippen LogP contribution is -2.31. The van der Waals surface area contributed by atoms with Gasteiger partial charge in [-0.3, -0.25) is 9.78 Å². The minimum atomic E-state index is -2.54. The van der Waals surface area contributed by atoms with Crippen LogP contribution in [-0.4, -0.2) is 42.9 Å². The normalized spacial score (nSPS) is 10.3. The van der Waals surface area contributed by atoms with E-state index in [1.807, 2.05) is 0 Å². The second-order valence-electron chi connectivity index (χ2n) is 3.26. The third-order valence-electron chi connectivity index (χ3n) is 2.03. The average molecular weight is 229 g/mol. The van der Waals surface area contributed by atoms with Crippen LogP contribution in [0.4, 0.5) is 14.5 Å². The number of aromatic nitrogens is 1. The first-order chi connectivity index (χ1) is 7.54. The summed E-state index contributed by atoms with van der Waals surface area (Å²) in [6.45, 7) is -0.593. The zero-order chi connectivity index (χ0) is 12.1. The van der Waals surface area contributed by atoms with E-state index >= 15 is 0 Å². The van der Waals surface area contributed by atoms with Crippen LogP contribution in [0.3, 0.4) is 0 Å². The smallest absolute Gasteiger partial charge is 0.272 e. The third-order valence-corrected chi connectivity index (χ3v) is 2.03. The molecule has 0 saturated carbocycles. The molecule has 0 saturated heterocycles. The Morgan fingerprint density at radius 1 is 1.62 bits per heavy atom. The summed E-state index contributed by atoms with van der Waals surface area (Å²) >= 11 is 0. The van der Waals surface area contributed by atoms with Gasteiger partial charge < -0.3 is 10.2 Å². The molecule has 0 aliphatic carbocycles. The second-order valence-corrected chi connectivity index (χ2v) is 3.26. The minimum Gasteiger partial charge on any atom is -0.388 e. The highest BCUT2D eigenvalue weighted by molar-refractivity contribution is 5.92. The highest BCUT2D eigenvalue weighted by atomic mass is 19.3. The maximum absolute atomic E-state index is 12.1. The van der Waals surface area contributed by atoms with Gasteiger partial charge in [-0.15, -0.1) is 0 Å². The molecule has 0 aromatic carbocycles. The number of halogens is 2. The molecule has 0 aliphatic heterocycles. The number of rotatable bonds is 4. The number of carbonyl (C=O) groups excluding carboxylic acids is 1. The van der Waals surface area contributed by atoms with Gasteiger partial charge in [-0.05, 0) is 12.1 Å². The molecular formula is C10H13F2N3O. The fourth-order valence-electron chi connectivity index (χ4n) is 1.19. The van der Waals surface area contributed by atoms with Crippen molar-refractivity contribution in [3.63, 3.8) is 0 Å². The number of amides is 1. The molecule has 1 rings (SSSR count). The van der Waals surface area contributed by atoms with E-state index in [1.54, 1.807) is 13.1 Å². The van der Waals surface area contributed by atoms with Crippen molar-refractivity contribution < 1.29 is 13.6 Å². The molecule has 0 radical (unpaired) electrons. The predicted molar refractivity (Wildman–Crippen MR) is 56.7 cm³/mol. The highest BCUT2D eigenvalue weighted by Gasteiger charge is 2.16. The van der Waals surface area contributed by atoms with Crippen molar-refractivity contribution in [1.82, 2.24) is 9.88 Å². The van der Waals surface area contributed by atoms with Gasteiger partial charge in [0.25, 0.3) is 12.3 Å². The van der Waals surface area contributed by atoms with Gasteiger partial charge in [0.05, 0.1) is 6.54 Å². The summed E-state index contributed by atoms with van der Waals surface area (Å²) in [5.41, 5.74) is 0.860. The summed E-state index contributed by atoms with van der Waals surface area (Å²) in [6.07, 6.45) is -1.09. The standard InChI is InChI=1S/C10H13F2N3O/c1-13-7-3-4-14-8(5-7)10(16)15(2)6-9(11)12/h3-5,9H,6H2,1-2H3,(H,13,14). The first-order valence-electron chi connectivity index (χ1n) is 4.72. The summed E-state index contributed by atoms with van der Waals surface area (Å²) in [4.78, 5) is 16.4. The maximum Gasteiger partial charge on any atom is 0.272 e. The molecule has 4 nitrogen and oxygen atoms in total. The van der Waals surface area contributed by atoms with Crippen LogP contribution in [0.15, 0.2) is 18.3 Å². The Morgan fingerprint density at radius 2 is 2.31 bits per heavy atom. The number of hydrogen-bond acceptors (Lipinski definition) is 3. The fraction of sp³-hybridized carbons (Fsp3) is 0.400. The molecule has 88 valence electrons. The fourth-order valence-corrected chi connectivity index (χ4v) is 1.19. The Kier molecular flexibility index (Phi) is 4.16. The Morgan fingerprint density at radius 3 is 2.88 bits per heavy atom. The Bertz CT molecular complexity index is 371. The molecule has 0 fully saturated rings. The topological polar surface area (TPSA) is 45.2 Å². The Hall–Kier alpha value is -1.72. The number of nitrogens with one attached hydrogen (secondary N) is 1. The van der Waals surface area contributed by atoms with Crippen LogP contribution in [-0.2, 0) is 0 Å². The van der Waals surface area contributed by atoms with Gasteiger partial charge in [-0.1, -0.05) is 0 Å². The molecule has 1 aromatic rings. The molecule has 16 heavy (non-hydrogen) atoms. The Balaban J connectivity index is 2.79. The lowest BCUT2D eigenvalue weighted by molar-refractivity contribution is 0.0615. The lowest BCUT2D eigenvalue weighted by Gasteiger charge is -2.16. The van der Waals surface area contributed by atoms with Crippen LogP contribution >= 0.6 is 0 Å². The molecule has 0 aliphatic rings. The molecule has 0 bridgehead atoms. The number of carbonyl (C=O) groups is 1. The van der Waals surface area contributed by atoms with Crippen LogP contribution in [0.5, 0.6) is 0 Å². The third kappa shape index (κ3) is 3.15. The van der Waals surface area contributed by atoms with Crippen LogP contribution in [0.2, 0.25) is 0 Å². The van der Waals surface area contributed by atoms with Crippen LogP contribution in [0.25, 0.3) is 0 Å². The summed E-state index contributed by atoms with van der Waals surface area (Å²) in [5.74, 6) is -0.516. The maximum atomic E-state index is 12.1. The van der Waals surface area contributed by atoms with Gasteiger partial charge in [-0.2, -0.15) is 0 Å². The monoisotopic (exact) mass is 229 g/mol. The summed E-state index contributed by atoms with van der Waals surface area (Å²) in [5, 5.41) is 2.84. The van der Waals surface area contributed by atoms with Gasteiger partial charge in [0.1, 0.15) is 5.69 Å². The lowest BCUT2D eigenvalue weighted by atomic mass is 10.3. The van der Waals surface area contributed by atoms with Crippen molar-refractivity contribution in [2.75, 3.05) is 26.0 Å². The molecular weight excluding hydrogens is 216 g/mol. The van der Waals surface area contributed by atoms with Gasteiger partial charge in [-0.25, -0.2) is 8.78 Å². The molecule has 0 unspecified atom stereocenters. The van der Waals surface area contributed by atoms with Gasteiger partial charge in [0.2, 0.25) is 0 Å². The van der Waals surface area contributed by atoms with E-state index in [2.05, 4.69) is 10.3 Å². The molecule has 6 heteroatoms. The second kappa shape index (κ2) is 5.39. The number of anilines is 1. The van der Waals surface area contributed by atoms with Crippen LogP contribution in [0, 0.1) is 0 Å². The van der Waals surface area contributed by atoms with Crippen molar-refractivity contribution in [2.45, 2.75) is 6.43 Å². The average Bonchev–Trinajstić information content (AvgIpc) is 2.27. The van der Waals surface area contributed by atoms with E-state index in [4.69, 9.17) is 0 Å². The molecule has 1 amide bonds. The van der Waals surface area contributed by atoms with E-state index < -0.39 is 18.9 Å². The molecule has 0 atom stereocenters. The van der Waals surface area contributed by atoms with Crippen molar-refractivity contribution in [3.8, 4) is 0 Å². The highest BCUT2D eigenvalue weighted by Crippen LogP contribution is 2.09. The van der Waals surface area contributed by atoms with E-state index in [0.29, 0.717) is 5.69 Å². The quantitative estimate of drug-likeness (QED) is 0.850. The zero-order valence-electron chi connectivity index (χ0n) is 9.08. The number of pyridine rings is 1. The summed E-state index contributed by atoms with van der Waals surface area (Å²) in [7, 11) is 3.02. The van der Waals surface area contributed by atoms with Crippen molar-refractivity contribution >= 4 is 11.6 Å². The molecule has 1 heterocycles. The van der Waals surface area contributed by atoms with Gasteiger partial charge in [0, 0.05) is 26.0 Å².